The van der Waals surface area contributed by atoms with Gasteiger partial charge in [0, 0.05) is 13.0 Å². The van der Waals surface area contributed by atoms with Gasteiger partial charge >= 0.3 is 5.97 Å². The van der Waals surface area contributed by atoms with Crippen LogP contribution in [-0.4, -0.2) is 19.6 Å². The van der Waals surface area contributed by atoms with Gasteiger partial charge in [0.05, 0.1) is 12.7 Å². The van der Waals surface area contributed by atoms with Crippen LogP contribution in [0, 0.1) is 18.2 Å². The minimum Gasteiger partial charge on any atom is -0.465 e. The van der Waals surface area contributed by atoms with Gasteiger partial charge in [0.2, 0.25) is 0 Å². The molecule has 0 bridgehead atoms. The zero-order chi connectivity index (χ0) is 13.4. The summed E-state index contributed by atoms with van der Waals surface area (Å²) in [5.74, 6) is 1.32. The van der Waals surface area contributed by atoms with Crippen LogP contribution in [0.1, 0.15) is 28.8 Å². The summed E-state index contributed by atoms with van der Waals surface area (Å²) in [5, 5.41) is 3.15. The molecular formula is C14H16FNO2. The molecule has 0 spiro atoms. The minimum absolute atomic E-state index is 0.0476. The highest BCUT2D eigenvalue weighted by atomic mass is 19.1. The van der Waals surface area contributed by atoms with Crippen molar-refractivity contribution in [3.8, 4) is 12.3 Å². The summed E-state index contributed by atoms with van der Waals surface area (Å²) in [6.45, 7) is 1.33. The van der Waals surface area contributed by atoms with Crippen molar-refractivity contribution in [2.24, 2.45) is 0 Å². The van der Waals surface area contributed by atoms with Gasteiger partial charge in [-0.15, -0.1) is 12.3 Å². The third-order valence-corrected chi connectivity index (χ3v) is 2.44. The molecule has 96 valence electrons. The molecule has 1 N–H and O–H groups in total. The highest BCUT2D eigenvalue weighted by Crippen LogP contribution is 2.11. The Morgan fingerprint density at radius 1 is 1.56 bits per heavy atom. The van der Waals surface area contributed by atoms with E-state index in [0.29, 0.717) is 6.54 Å². The molecule has 0 atom stereocenters. The topological polar surface area (TPSA) is 38.3 Å². The van der Waals surface area contributed by atoms with Crippen molar-refractivity contribution in [1.82, 2.24) is 5.32 Å². The number of ether oxygens (including phenoxy) is 1. The first-order chi connectivity index (χ1) is 8.69. The third-order valence-electron chi connectivity index (χ3n) is 2.44. The van der Waals surface area contributed by atoms with E-state index in [1.54, 1.807) is 6.07 Å². The average molecular weight is 249 g/mol. The van der Waals surface area contributed by atoms with Gasteiger partial charge < -0.3 is 10.1 Å². The van der Waals surface area contributed by atoms with Crippen LogP contribution >= 0.6 is 0 Å². The number of carbonyl (C=O) groups excluding carboxylic acids is 1. The molecule has 4 heteroatoms. The Labute approximate surface area is 106 Å². The van der Waals surface area contributed by atoms with E-state index < -0.39 is 11.8 Å². The average Bonchev–Trinajstić information content (AvgIpc) is 2.38. The normalized spacial score (nSPS) is 9.83. The summed E-state index contributed by atoms with van der Waals surface area (Å²) < 4.78 is 18.0. The van der Waals surface area contributed by atoms with E-state index in [1.807, 2.05) is 0 Å². The lowest BCUT2D eigenvalue weighted by molar-refractivity contribution is 0.0595. The van der Waals surface area contributed by atoms with Gasteiger partial charge in [-0.1, -0.05) is 6.07 Å². The Bertz CT molecular complexity index is 452. The Morgan fingerprint density at radius 2 is 2.33 bits per heavy atom. The van der Waals surface area contributed by atoms with Crippen molar-refractivity contribution in [2.45, 2.75) is 19.4 Å². The maximum Gasteiger partial charge on any atom is 0.340 e. The van der Waals surface area contributed by atoms with Crippen molar-refractivity contribution in [3.63, 3.8) is 0 Å². The fourth-order valence-electron chi connectivity index (χ4n) is 1.49. The fraction of sp³-hybridized carbons (Fsp3) is 0.357. The van der Waals surface area contributed by atoms with E-state index in [0.717, 1.165) is 24.9 Å². The molecule has 0 aliphatic heterocycles. The number of benzene rings is 1. The molecule has 1 rings (SSSR count). The number of halogens is 1. The van der Waals surface area contributed by atoms with E-state index in [4.69, 9.17) is 6.42 Å². The second kappa shape index (κ2) is 7.46. The molecule has 0 saturated heterocycles. The van der Waals surface area contributed by atoms with Crippen LogP contribution < -0.4 is 5.32 Å². The fourth-order valence-corrected chi connectivity index (χ4v) is 1.49. The van der Waals surface area contributed by atoms with Crippen LogP contribution in [0.15, 0.2) is 18.2 Å². The highest BCUT2D eigenvalue weighted by molar-refractivity contribution is 5.89. The van der Waals surface area contributed by atoms with Crippen LogP contribution in [-0.2, 0) is 11.3 Å². The van der Waals surface area contributed by atoms with Crippen LogP contribution in [0.3, 0.4) is 0 Å². The van der Waals surface area contributed by atoms with Gasteiger partial charge in [-0.2, -0.15) is 0 Å². The molecule has 0 heterocycles. The molecule has 0 aliphatic carbocycles. The molecule has 3 nitrogen and oxygen atoms in total. The minimum atomic E-state index is -0.666. The van der Waals surface area contributed by atoms with Crippen molar-refractivity contribution in [3.05, 3.63) is 35.1 Å². The number of carbonyl (C=O) groups is 1. The Kier molecular flexibility index (Phi) is 5.89. The predicted octanol–water partition coefficient (Wildman–Crippen LogP) is 2.12. The number of hydrogen-bond donors (Lipinski definition) is 1. The van der Waals surface area contributed by atoms with Crippen LogP contribution in [0.25, 0.3) is 0 Å². The number of methoxy groups -OCH3 is 1. The Morgan fingerprint density at radius 3 is 2.94 bits per heavy atom. The van der Waals surface area contributed by atoms with Gasteiger partial charge in [0.15, 0.2) is 0 Å². The smallest absolute Gasteiger partial charge is 0.340 e. The number of esters is 1. The Hall–Kier alpha value is -1.86. The molecule has 0 fully saturated rings. The first kappa shape index (κ1) is 14.2. The summed E-state index contributed by atoms with van der Waals surface area (Å²) in [5.41, 5.74) is 0.731. The standard InChI is InChI=1S/C14H16FNO2/c1-3-4-5-8-16-10-11-6-7-12(13(15)9-11)14(17)18-2/h1,6-7,9,16H,4-5,8,10H2,2H3. The van der Waals surface area contributed by atoms with Gasteiger partial charge in [0.1, 0.15) is 5.82 Å². The summed E-state index contributed by atoms with van der Waals surface area (Å²) >= 11 is 0. The molecule has 1 aromatic carbocycles. The molecule has 0 unspecified atom stereocenters. The van der Waals surface area contributed by atoms with E-state index in [2.05, 4.69) is 16.0 Å². The first-order valence-corrected chi connectivity index (χ1v) is 5.70. The molecule has 0 aliphatic rings. The van der Waals surface area contributed by atoms with Crippen LogP contribution in [0.4, 0.5) is 4.39 Å². The number of terminal acetylenes is 1. The van der Waals surface area contributed by atoms with Gasteiger partial charge in [-0.3, -0.25) is 0 Å². The lowest BCUT2D eigenvalue weighted by Gasteiger charge is -2.06. The van der Waals surface area contributed by atoms with Gasteiger partial charge in [0.25, 0.3) is 0 Å². The highest BCUT2D eigenvalue weighted by Gasteiger charge is 2.11. The van der Waals surface area contributed by atoms with Crippen molar-refractivity contribution < 1.29 is 13.9 Å². The van der Waals surface area contributed by atoms with Gasteiger partial charge in [-0.05, 0) is 30.7 Å². The van der Waals surface area contributed by atoms with Crippen molar-refractivity contribution in [2.75, 3.05) is 13.7 Å². The molecule has 1 aromatic rings. The van der Waals surface area contributed by atoms with E-state index >= 15 is 0 Å². The molecule has 18 heavy (non-hydrogen) atoms. The Balaban J connectivity index is 2.52. The lowest BCUT2D eigenvalue weighted by atomic mass is 10.1. The number of unbranched alkanes of at least 4 members (excludes halogenated alkanes) is 1. The second-order valence-electron chi connectivity index (χ2n) is 3.79. The number of rotatable bonds is 6. The van der Waals surface area contributed by atoms with E-state index in [1.165, 1.54) is 19.2 Å². The largest absolute Gasteiger partial charge is 0.465 e. The van der Waals surface area contributed by atoms with E-state index in [9.17, 15) is 9.18 Å². The van der Waals surface area contributed by atoms with Crippen molar-refractivity contribution >= 4 is 5.97 Å². The molecule has 0 amide bonds. The maximum absolute atomic E-state index is 13.6. The number of nitrogens with one attached hydrogen (secondary N) is 1. The first-order valence-electron chi connectivity index (χ1n) is 5.70. The SMILES string of the molecule is C#CCCCNCc1ccc(C(=O)OC)c(F)c1. The lowest BCUT2D eigenvalue weighted by Crippen LogP contribution is -2.15. The summed E-state index contributed by atoms with van der Waals surface area (Å²) in [6.07, 6.45) is 6.74. The summed E-state index contributed by atoms with van der Waals surface area (Å²) in [6, 6.07) is 4.46. The molecule has 0 aromatic heterocycles. The number of hydrogen-bond acceptors (Lipinski definition) is 3. The quantitative estimate of drug-likeness (QED) is 0.477. The van der Waals surface area contributed by atoms with Crippen LogP contribution in [0.5, 0.6) is 0 Å². The molecule has 0 saturated carbocycles. The van der Waals surface area contributed by atoms with E-state index in [-0.39, 0.29) is 5.56 Å². The summed E-state index contributed by atoms with van der Waals surface area (Å²) in [4.78, 5) is 11.2. The third kappa shape index (κ3) is 4.19. The maximum atomic E-state index is 13.6. The van der Waals surface area contributed by atoms with Crippen LogP contribution in [0.2, 0.25) is 0 Å². The molecule has 0 radical (unpaired) electrons. The summed E-state index contributed by atoms with van der Waals surface area (Å²) in [7, 11) is 1.22. The monoisotopic (exact) mass is 249 g/mol. The zero-order valence-corrected chi connectivity index (χ0v) is 10.3. The van der Waals surface area contributed by atoms with Gasteiger partial charge in [-0.25, -0.2) is 9.18 Å². The predicted molar refractivity (Wildman–Crippen MR) is 67.5 cm³/mol. The molecular weight excluding hydrogens is 233 g/mol. The second-order valence-corrected chi connectivity index (χ2v) is 3.79. The van der Waals surface area contributed by atoms with Crippen molar-refractivity contribution in [1.29, 1.82) is 0 Å². The zero-order valence-electron chi connectivity index (χ0n) is 10.3.